The molecule has 0 atom stereocenters. The number of nitrogens with one attached hydrogen (secondary N) is 1. The SMILES string of the molecule is C=CC(=O)OCCNC(CCCC)(CCCC)CCCCCCC. The maximum absolute atomic E-state index is 11.2. The van der Waals surface area contributed by atoms with Crippen LogP contribution in [0.25, 0.3) is 0 Å². The van der Waals surface area contributed by atoms with Crippen LogP contribution < -0.4 is 5.32 Å². The van der Waals surface area contributed by atoms with Crippen molar-refractivity contribution in [3.05, 3.63) is 12.7 Å². The zero-order valence-corrected chi connectivity index (χ0v) is 16.5. The Labute approximate surface area is 150 Å². The molecule has 0 saturated carbocycles. The van der Waals surface area contributed by atoms with E-state index >= 15 is 0 Å². The van der Waals surface area contributed by atoms with Crippen LogP contribution in [-0.4, -0.2) is 24.7 Å². The molecule has 0 aromatic carbocycles. The summed E-state index contributed by atoms with van der Waals surface area (Å²) < 4.78 is 5.13. The van der Waals surface area contributed by atoms with Crippen LogP contribution in [0.3, 0.4) is 0 Å². The maximum Gasteiger partial charge on any atom is 0.330 e. The van der Waals surface area contributed by atoms with Gasteiger partial charge in [-0.05, 0) is 19.3 Å². The molecular formula is C21H41NO2. The number of hydrogen-bond acceptors (Lipinski definition) is 3. The Hall–Kier alpha value is -0.830. The highest BCUT2D eigenvalue weighted by Crippen LogP contribution is 2.28. The molecule has 0 aromatic rings. The lowest BCUT2D eigenvalue weighted by Crippen LogP contribution is -2.46. The zero-order chi connectivity index (χ0) is 18.1. The van der Waals surface area contributed by atoms with Gasteiger partial charge in [-0.25, -0.2) is 4.79 Å². The van der Waals surface area contributed by atoms with E-state index in [2.05, 4.69) is 32.7 Å². The third kappa shape index (κ3) is 11.7. The van der Waals surface area contributed by atoms with E-state index in [0.29, 0.717) is 6.61 Å². The molecule has 0 radical (unpaired) electrons. The van der Waals surface area contributed by atoms with Gasteiger partial charge in [0.15, 0.2) is 0 Å². The second-order valence-electron chi connectivity index (χ2n) is 6.95. The quantitative estimate of drug-likeness (QED) is 0.207. The second kappa shape index (κ2) is 15.7. The summed E-state index contributed by atoms with van der Waals surface area (Å²) >= 11 is 0. The molecule has 0 aliphatic rings. The molecule has 142 valence electrons. The van der Waals surface area contributed by atoms with Crippen LogP contribution in [0.15, 0.2) is 12.7 Å². The summed E-state index contributed by atoms with van der Waals surface area (Å²) in [5, 5.41) is 3.76. The third-order valence-corrected chi connectivity index (χ3v) is 4.79. The number of rotatable bonds is 17. The fourth-order valence-electron chi connectivity index (χ4n) is 3.26. The average Bonchev–Trinajstić information content (AvgIpc) is 2.61. The fourth-order valence-corrected chi connectivity index (χ4v) is 3.26. The first kappa shape index (κ1) is 23.2. The molecule has 1 N–H and O–H groups in total. The van der Waals surface area contributed by atoms with Crippen molar-refractivity contribution in [3.8, 4) is 0 Å². The van der Waals surface area contributed by atoms with Gasteiger partial charge in [0.25, 0.3) is 0 Å². The first-order valence-electron chi connectivity index (χ1n) is 10.2. The zero-order valence-electron chi connectivity index (χ0n) is 16.5. The lowest BCUT2D eigenvalue weighted by molar-refractivity contribution is -0.137. The lowest BCUT2D eigenvalue weighted by atomic mass is 9.82. The van der Waals surface area contributed by atoms with E-state index in [1.54, 1.807) is 0 Å². The van der Waals surface area contributed by atoms with Gasteiger partial charge in [0.1, 0.15) is 6.61 Å². The van der Waals surface area contributed by atoms with E-state index in [9.17, 15) is 4.79 Å². The van der Waals surface area contributed by atoms with Crippen molar-refractivity contribution in [2.75, 3.05) is 13.2 Å². The van der Waals surface area contributed by atoms with Gasteiger partial charge < -0.3 is 10.1 Å². The van der Waals surface area contributed by atoms with Crippen LogP contribution in [0, 0.1) is 0 Å². The van der Waals surface area contributed by atoms with E-state index in [1.807, 2.05) is 0 Å². The molecule has 3 nitrogen and oxygen atoms in total. The first-order chi connectivity index (χ1) is 11.6. The van der Waals surface area contributed by atoms with Crippen LogP contribution in [0.1, 0.15) is 97.8 Å². The molecule has 0 amide bonds. The van der Waals surface area contributed by atoms with E-state index in [-0.39, 0.29) is 11.5 Å². The summed E-state index contributed by atoms with van der Waals surface area (Å²) in [6, 6.07) is 0. The Morgan fingerprint density at radius 2 is 1.46 bits per heavy atom. The largest absolute Gasteiger partial charge is 0.461 e. The monoisotopic (exact) mass is 339 g/mol. The molecule has 3 heteroatoms. The van der Waals surface area contributed by atoms with E-state index in [4.69, 9.17) is 4.74 Å². The summed E-state index contributed by atoms with van der Waals surface area (Å²) in [7, 11) is 0. The van der Waals surface area contributed by atoms with Crippen molar-refractivity contribution in [1.29, 1.82) is 0 Å². The van der Waals surface area contributed by atoms with Crippen molar-refractivity contribution >= 4 is 5.97 Å². The van der Waals surface area contributed by atoms with Crippen molar-refractivity contribution in [2.24, 2.45) is 0 Å². The fraction of sp³-hybridized carbons (Fsp3) is 0.857. The maximum atomic E-state index is 11.2. The van der Waals surface area contributed by atoms with Gasteiger partial charge in [-0.3, -0.25) is 0 Å². The lowest BCUT2D eigenvalue weighted by Gasteiger charge is -2.36. The number of unbranched alkanes of at least 4 members (excludes halogenated alkanes) is 6. The van der Waals surface area contributed by atoms with Crippen molar-refractivity contribution in [3.63, 3.8) is 0 Å². The molecule has 0 fully saturated rings. The molecule has 24 heavy (non-hydrogen) atoms. The summed E-state index contributed by atoms with van der Waals surface area (Å²) in [5.41, 5.74) is 0.221. The second-order valence-corrected chi connectivity index (χ2v) is 6.95. The number of hydrogen-bond donors (Lipinski definition) is 1. The predicted molar refractivity (Wildman–Crippen MR) is 104 cm³/mol. The van der Waals surface area contributed by atoms with Crippen LogP contribution in [0.4, 0.5) is 0 Å². The molecule has 0 spiro atoms. The molecule has 0 bridgehead atoms. The Kier molecular flexibility index (Phi) is 15.1. The van der Waals surface area contributed by atoms with Crippen LogP contribution in [0.5, 0.6) is 0 Å². The predicted octanol–water partition coefficient (Wildman–Crippen LogP) is 5.78. The van der Waals surface area contributed by atoms with E-state index in [1.165, 1.54) is 83.1 Å². The highest BCUT2D eigenvalue weighted by Gasteiger charge is 2.27. The minimum absolute atomic E-state index is 0.221. The van der Waals surface area contributed by atoms with Crippen LogP contribution >= 0.6 is 0 Å². The Morgan fingerprint density at radius 3 is 2.00 bits per heavy atom. The van der Waals surface area contributed by atoms with Gasteiger partial charge in [0, 0.05) is 18.2 Å². The summed E-state index contributed by atoms with van der Waals surface area (Å²) in [6.45, 7) is 11.4. The molecule has 0 saturated heterocycles. The van der Waals surface area contributed by atoms with Crippen molar-refractivity contribution in [1.82, 2.24) is 5.32 Å². The van der Waals surface area contributed by atoms with Crippen LogP contribution in [0.2, 0.25) is 0 Å². The molecule has 0 rings (SSSR count). The number of carbonyl (C=O) groups excluding carboxylic acids is 1. The third-order valence-electron chi connectivity index (χ3n) is 4.79. The van der Waals surface area contributed by atoms with Crippen molar-refractivity contribution in [2.45, 2.75) is 103 Å². The first-order valence-corrected chi connectivity index (χ1v) is 10.2. The van der Waals surface area contributed by atoms with E-state index in [0.717, 1.165) is 6.54 Å². The Balaban J connectivity index is 4.52. The van der Waals surface area contributed by atoms with Crippen molar-refractivity contribution < 1.29 is 9.53 Å². The van der Waals surface area contributed by atoms with Gasteiger partial charge in [-0.2, -0.15) is 0 Å². The van der Waals surface area contributed by atoms with Gasteiger partial charge in [0.05, 0.1) is 0 Å². The molecule has 0 heterocycles. The average molecular weight is 340 g/mol. The van der Waals surface area contributed by atoms with E-state index < -0.39 is 0 Å². The number of ether oxygens (including phenoxy) is 1. The Morgan fingerprint density at radius 1 is 0.917 bits per heavy atom. The summed E-state index contributed by atoms with van der Waals surface area (Å²) in [4.78, 5) is 11.2. The van der Waals surface area contributed by atoms with Crippen LogP contribution in [-0.2, 0) is 9.53 Å². The molecule has 0 aromatic heterocycles. The smallest absolute Gasteiger partial charge is 0.330 e. The summed E-state index contributed by atoms with van der Waals surface area (Å²) in [6.07, 6.45) is 16.6. The number of carbonyl (C=O) groups is 1. The molecular weight excluding hydrogens is 298 g/mol. The van der Waals surface area contributed by atoms with Gasteiger partial charge in [-0.1, -0.05) is 85.1 Å². The normalized spacial score (nSPS) is 11.5. The highest BCUT2D eigenvalue weighted by molar-refractivity contribution is 5.81. The standard InChI is InChI=1S/C21H41NO2/c1-5-9-12-13-14-17-21(15-10-6-2,16-11-7-3)22-18-19-24-20(23)8-4/h8,22H,4-7,9-19H2,1-3H3. The van der Waals surface area contributed by atoms with Gasteiger partial charge in [-0.15, -0.1) is 0 Å². The van der Waals surface area contributed by atoms with Gasteiger partial charge >= 0.3 is 5.97 Å². The number of esters is 1. The molecule has 0 aliphatic heterocycles. The minimum Gasteiger partial charge on any atom is -0.461 e. The topological polar surface area (TPSA) is 38.3 Å². The minimum atomic E-state index is -0.330. The summed E-state index contributed by atoms with van der Waals surface area (Å²) in [5.74, 6) is -0.330. The van der Waals surface area contributed by atoms with Gasteiger partial charge in [0.2, 0.25) is 0 Å². The Bertz CT molecular complexity index is 307. The molecule has 0 unspecified atom stereocenters. The molecule has 0 aliphatic carbocycles. The highest BCUT2D eigenvalue weighted by atomic mass is 16.5.